The van der Waals surface area contributed by atoms with Crippen LogP contribution in [0.25, 0.3) is 0 Å². The Balaban J connectivity index is 2.41. The summed E-state index contributed by atoms with van der Waals surface area (Å²) in [5.41, 5.74) is 1.17. The van der Waals surface area contributed by atoms with Crippen molar-refractivity contribution in [3.8, 4) is 0 Å². The van der Waals surface area contributed by atoms with E-state index in [1.54, 1.807) is 12.1 Å². The van der Waals surface area contributed by atoms with E-state index in [4.69, 9.17) is 0 Å². The topological polar surface area (TPSA) is 46.0 Å². The van der Waals surface area contributed by atoms with Gasteiger partial charge in [-0.3, -0.25) is 0 Å². The second-order valence-corrected chi connectivity index (χ2v) is 4.06. The summed E-state index contributed by atoms with van der Waals surface area (Å²) in [6, 6.07) is 4.64. The summed E-state index contributed by atoms with van der Waals surface area (Å²) in [4.78, 5) is 0.541. The molecule has 5 heteroatoms. The standard InChI is InChI=1S/C10H9FN2OS/c1-6-2-3-8(11)7(4-6)10(14)9-5-12-13-15-9/h2-5,10,14H,1H3. The second kappa shape index (κ2) is 4.04. The number of nitrogens with zero attached hydrogens (tertiary/aromatic N) is 2. The molecule has 78 valence electrons. The van der Waals surface area contributed by atoms with Crippen LogP contribution in [-0.4, -0.2) is 14.7 Å². The monoisotopic (exact) mass is 224 g/mol. The zero-order chi connectivity index (χ0) is 10.8. The Kier molecular flexibility index (Phi) is 2.75. The third-order valence-corrected chi connectivity index (χ3v) is 2.81. The molecular weight excluding hydrogens is 215 g/mol. The minimum Gasteiger partial charge on any atom is -0.383 e. The molecule has 1 atom stereocenters. The first kappa shape index (κ1) is 10.2. The molecule has 1 unspecified atom stereocenters. The molecule has 0 bridgehead atoms. The summed E-state index contributed by atoms with van der Waals surface area (Å²) < 4.78 is 17.0. The van der Waals surface area contributed by atoms with Crippen molar-refractivity contribution in [3.05, 3.63) is 46.2 Å². The van der Waals surface area contributed by atoms with Crippen molar-refractivity contribution in [1.82, 2.24) is 9.59 Å². The average Bonchev–Trinajstić information content (AvgIpc) is 2.74. The SMILES string of the molecule is Cc1ccc(F)c(C(O)c2cnns2)c1. The third kappa shape index (κ3) is 2.03. The van der Waals surface area contributed by atoms with E-state index in [-0.39, 0.29) is 5.56 Å². The summed E-state index contributed by atoms with van der Waals surface area (Å²) in [6.07, 6.45) is 0.460. The lowest BCUT2D eigenvalue weighted by molar-refractivity contribution is 0.218. The molecule has 1 aromatic heterocycles. The van der Waals surface area contributed by atoms with Gasteiger partial charge in [-0.1, -0.05) is 22.2 Å². The van der Waals surface area contributed by atoms with E-state index in [1.807, 2.05) is 6.92 Å². The fourth-order valence-corrected chi connectivity index (χ4v) is 1.83. The highest BCUT2D eigenvalue weighted by atomic mass is 32.1. The lowest BCUT2D eigenvalue weighted by Gasteiger charge is -2.09. The smallest absolute Gasteiger partial charge is 0.129 e. The molecule has 0 radical (unpaired) electrons. The van der Waals surface area contributed by atoms with Crippen molar-refractivity contribution < 1.29 is 9.50 Å². The molecule has 0 aliphatic rings. The molecule has 0 saturated carbocycles. The zero-order valence-electron chi connectivity index (χ0n) is 8.01. The third-order valence-electron chi connectivity index (χ3n) is 2.09. The lowest BCUT2D eigenvalue weighted by Crippen LogP contribution is -2.01. The van der Waals surface area contributed by atoms with Crippen molar-refractivity contribution in [1.29, 1.82) is 0 Å². The maximum atomic E-state index is 13.4. The van der Waals surface area contributed by atoms with E-state index >= 15 is 0 Å². The summed E-state index contributed by atoms with van der Waals surface area (Å²) >= 11 is 1.06. The van der Waals surface area contributed by atoms with Crippen LogP contribution in [0.2, 0.25) is 0 Å². The number of aromatic nitrogens is 2. The van der Waals surface area contributed by atoms with Gasteiger partial charge >= 0.3 is 0 Å². The average molecular weight is 224 g/mol. The second-order valence-electron chi connectivity index (χ2n) is 3.25. The van der Waals surface area contributed by atoms with Crippen molar-refractivity contribution in [2.75, 3.05) is 0 Å². The predicted octanol–water partition coefficient (Wildman–Crippen LogP) is 2.07. The first-order valence-electron chi connectivity index (χ1n) is 4.40. The van der Waals surface area contributed by atoms with E-state index in [0.717, 1.165) is 17.1 Å². The van der Waals surface area contributed by atoms with Crippen LogP contribution in [0.5, 0.6) is 0 Å². The van der Waals surface area contributed by atoms with Gasteiger partial charge < -0.3 is 5.11 Å². The molecule has 0 saturated heterocycles. The van der Waals surface area contributed by atoms with Gasteiger partial charge in [-0.05, 0) is 24.5 Å². The van der Waals surface area contributed by atoms with Crippen LogP contribution < -0.4 is 0 Å². The van der Waals surface area contributed by atoms with Crippen LogP contribution in [0.4, 0.5) is 4.39 Å². The normalized spacial score (nSPS) is 12.7. The van der Waals surface area contributed by atoms with Gasteiger partial charge in [0, 0.05) is 5.56 Å². The summed E-state index contributed by atoms with van der Waals surface area (Å²) in [5.74, 6) is -0.415. The number of halogens is 1. The molecular formula is C10H9FN2OS. The van der Waals surface area contributed by atoms with E-state index in [9.17, 15) is 9.50 Å². The largest absolute Gasteiger partial charge is 0.383 e. The van der Waals surface area contributed by atoms with Crippen LogP contribution in [0.1, 0.15) is 22.1 Å². The van der Waals surface area contributed by atoms with Crippen molar-refractivity contribution >= 4 is 11.5 Å². The van der Waals surface area contributed by atoms with E-state index < -0.39 is 11.9 Å². The van der Waals surface area contributed by atoms with E-state index in [0.29, 0.717) is 4.88 Å². The number of aliphatic hydroxyl groups is 1. The minimum absolute atomic E-state index is 0.265. The number of rotatable bonds is 2. The Morgan fingerprint density at radius 1 is 1.47 bits per heavy atom. The van der Waals surface area contributed by atoms with E-state index in [2.05, 4.69) is 9.59 Å². The molecule has 0 aliphatic carbocycles. The molecule has 1 heterocycles. The molecule has 0 aliphatic heterocycles. The molecule has 0 spiro atoms. The molecule has 0 fully saturated rings. The lowest BCUT2D eigenvalue weighted by atomic mass is 10.1. The number of aliphatic hydroxyl groups excluding tert-OH is 1. The number of aryl methyl sites for hydroxylation is 1. The Bertz CT molecular complexity index is 458. The fraction of sp³-hybridized carbons (Fsp3) is 0.200. The van der Waals surface area contributed by atoms with Crippen LogP contribution in [0, 0.1) is 12.7 Å². The molecule has 3 nitrogen and oxygen atoms in total. The van der Waals surface area contributed by atoms with Gasteiger partial charge in [0.25, 0.3) is 0 Å². The van der Waals surface area contributed by atoms with Crippen LogP contribution in [0.3, 0.4) is 0 Å². The highest BCUT2D eigenvalue weighted by Crippen LogP contribution is 2.26. The fourth-order valence-electron chi connectivity index (χ4n) is 1.32. The molecule has 15 heavy (non-hydrogen) atoms. The van der Waals surface area contributed by atoms with Crippen molar-refractivity contribution in [2.45, 2.75) is 13.0 Å². The van der Waals surface area contributed by atoms with Crippen molar-refractivity contribution in [3.63, 3.8) is 0 Å². The summed E-state index contributed by atoms with van der Waals surface area (Å²) in [5, 5.41) is 13.5. The first-order chi connectivity index (χ1) is 7.18. The maximum Gasteiger partial charge on any atom is 0.129 e. The molecule has 2 aromatic rings. The number of hydrogen-bond acceptors (Lipinski definition) is 4. The van der Waals surface area contributed by atoms with Gasteiger partial charge in [-0.15, -0.1) is 5.10 Å². The van der Waals surface area contributed by atoms with Crippen LogP contribution in [0.15, 0.2) is 24.4 Å². The van der Waals surface area contributed by atoms with Gasteiger partial charge in [-0.25, -0.2) is 4.39 Å². The van der Waals surface area contributed by atoms with Gasteiger partial charge in [0.15, 0.2) is 0 Å². The first-order valence-corrected chi connectivity index (χ1v) is 5.17. The highest BCUT2D eigenvalue weighted by molar-refractivity contribution is 7.05. The Morgan fingerprint density at radius 3 is 2.93 bits per heavy atom. The predicted molar refractivity (Wildman–Crippen MR) is 55.1 cm³/mol. The number of hydrogen-bond donors (Lipinski definition) is 1. The number of benzene rings is 1. The Hall–Kier alpha value is -1.33. The Morgan fingerprint density at radius 2 is 2.27 bits per heavy atom. The minimum atomic E-state index is -0.982. The van der Waals surface area contributed by atoms with Crippen molar-refractivity contribution in [2.24, 2.45) is 0 Å². The molecule has 2 rings (SSSR count). The van der Waals surface area contributed by atoms with Gasteiger partial charge in [0.05, 0.1) is 11.1 Å². The molecule has 0 amide bonds. The summed E-state index contributed by atoms with van der Waals surface area (Å²) in [6.45, 7) is 1.85. The maximum absolute atomic E-state index is 13.4. The van der Waals surface area contributed by atoms with Gasteiger partial charge in [0.2, 0.25) is 0 Å². The van der Waals surface area contributed by atoms with Crippen LogP contribution in [-0.2, 0) is 0 Å². The molecule has 1 aromatic carbocycles. The van der Waals surface area contributed by atoms with Crippen LogP contribution >= 0.6 is 11.5 Å². The molecule has 1 N–H and O–H groups in total. The summed E-state index contributed by atoms with van der Waals surface area (Å²) in [7, 11) is 0. The highest BCUT2D eigenvalue weighted by Gasteiger charge is 2.16. The zero-order valence-corrected chi connectivity index (χ0v) is 8.83. The van der Waals surface area contributed by atoms with Gasteiger partial charge in [0.1, 0.15) is 11.9 Å². The van der Waals surface area contributed by atoms with E-state index in [1.165, 1.54) is 12.3 Å². The quantitative estimate of drug-likeness (QED) is 0.849. The van der Waals surface area contributed by atoms with Gasteiger partial charge in [-0.2, -0.15) is 0 Å². The Labute approximate surface area is 90.4 Å².